The minimum absolute atomic E-state index is 0.0365. The fourth-order valence-electron chi connectivity index (χ4n) is 4.86. The first kappa shape index (κ1) is 29.6. The summed E-state index contributed by atoms with van der Waals surface area (Å²) in [5.74, 6) is -0.318. The van der Waals surface area contributed by atoms with E-state index >= 15 is 0 Å². The number of nitrogens with one attached hydrogen (secondary N) is 4. The first-order valence-electron chi connectivity index (χ1n) is 13.9. The summed E-state index contributed by atoms with van der Waals surface area (Å²) in [4.78, 5) is 46.3. The molecule has 12 heteroatoms. The van der Waals surface area contributed by atoms with Crippen molar-refractivity contribution >= 4 is 41.0 Å². The van der Waals surface area contributed by atoms with Crippen molar-refractivity contribution in [2.75, 3.05) is 56.4 Å². The van der Waals surface area contributed by atoms with Gasteiger partial charge in [0, 0.05) is 62.4 Å². The van der Waals surface area contributed by atoms with Crippen LogP contribution in [-0.4, -0.2) is 95.1 Å². The summed E-state index contributed by atoms with van der Waals surface area (Å²) in [7, 11) is 0. The number of carbonyl (C=O) groups excluding carboxylic acids is 3. The van der Waals surface area contributed by atoms with Crippen molar-refractivity contribution in [2.24, 2.45) is 5.73 Å². The number of likely N-dealkylation sites (tertiary alicyclic amines) is 1. The largest absolute Gasteiger partial charge is 0.383 e. The molecule has 4 rings (SSSR count). The molecule has 6 N–H and O–H groups in total. The molecule has 2 fully saturated rings. The Bertz CT molecular complexity index is 1110. The number of hydrogen-bond acceptors (Lipinski definition) is 8. The fourth-order valence-corrected chi connectivity index (χ4v) is 6.32. The van der Waals surface area contributed by atoms with Crippen LogP contribution in [0.4, 0.5) is 16.2 Å². The highest BCUT2D eigenvalue weighted by Crippen LogP contribution is 2.33. The molecule has 4 amide bonds. The number of urea groups is 1. The third kappa shape index (κ3) is 8.33. The van der Waals surface area contributed by atoms with Crippen LogP contribution in [0.25, 0.3) is 0 Å². The molecule has 1 aromatic heterocycles. The first-order chi connectivity index (χ1) is 19.4. The zero-order chi connectivity index (χ0) is 28.3. The van der Waals surface area contributed by atoms with Gasteiger partial charge in [0.1, 0.15) is 16.7 Å². The van der Waals surface area contributed by atoms with Crippen LogP contribution in [-0.2, 0) is 16.0 Å². The van der Waals surface area contributed by atoms with Crippen LogP contribution < -0.4 is 27.0 Å². The van der Waals surface area contributed by atoms with Crippen LogP contribution in [0.5, 0.6) is 0 Å². The number of carbonyl (C=O) groups is 3. The van der Waals surface area contributed by atoms with Crippen molar-refractivity contribution in [3.05, 3.63) is 54.4 Å². The van der Waals surface area contributed by atoms with Gasteiger partial charge in [0.25, 0.3) is 0 Å². The molecule has 0 spiro atoms. The van der Waals surface area contributed by atoms with Crippen molar-refractivity contribution in [2.45, 2.75) is 42.9 Å². The summed E-state index contributed by atoms with van der Waals surface area (Å²) in [6, 6.07) is 12.0. The van der Waals surface area contributed by atoms with Gasteiger partial charge in [-0.3, -0.25) is 14.6 Å². The molecule has 1 aromatic carbocycles. The minimum Gasteiger partial charge on any atom is -0.383 e. The van der Waals surface area contributed by atoms with Gasteiger partial charge in [0.2, 0.25) is 11.8 Å². The molecule has 11 nitrogen and oxygen atoms in total. The van der Waals surface area contributed by atoms with E-state index < -0.39 is 11.4 Å². The van der Waals surface area contributed by atoms with Crippen LogP contribution >= 0.6 is 11.8 Å². The minimum atomic E-state index is -0.838. The molecule has 2 saturated heterocycles. The van der Waals surface area contributed by atoms with Gasteiger partial charge in [0.15, 0.2) is 0 Å². The summed E-state index contributed by atoms with van der Waals surface area (Å²) in [6.07, 6.45) is 4.79. The van der Waals surface area contributed by atoms with E-state index in [9.17, 15) is 14.4 Å². The number of hydrogen-bond donors (Lipinski definition) is 5. The monoisotopic (exact) mass is 568 g/mol. The number of benzene rings is 1. The van der Waals surface area contributed by atoms with Gasteiger partial charge >= 0.3 is 6.03 Å². The Morgan fingerprint density at radius 3 is 2.52 bits per heavy atom. The lowest BCUT2D eigenvalue weighted by molar-refractivity contribution is -0.130. The van der Waals surface area contributed by atoms with E-state index in [4.69, 9.17) is 5.73 Å². The Morgan fingerprint density at radius 1 is 1.07 bits per heavy atom. The number of thioether (sulfide) groups is 1. The number of pyridine rings is 1. The number of likely N-dealkylation sites (N-methyl/N-ethyl adjacent to an activating group) is 1. The van der Waals surface area contributed by atoms with E-state index in [0.717, 1.165) is 31.0 Å². The van der Waals surface area contributed by atoms with Gasteiger partial charge in [-0.2, -0.15) is 0 Å². The zero-order valence-electron chi connectivity index (χ0n) is 23.0. The highest BCUT2D eigenvalue weighted by molar-refractivity contribution is 8.01. The van der Waals surface area contributed by atoms with Gasteiger partial charge in [-0.1, -0.05) is 6.07 Å². The number of rotatable bonds is 13. The predicted molar refractivity (Wildman–Crippen MR) is 159 cm³/mol. The quantitative estimate of drug-likeness (QED) is 0.246. The molecule has 216 valence electrons. The van der Waals surface area contributed by atoms with E-state index in [1.165, 1.54) is 24.6 Å². The molecule has 0 aliphatic carbocycles. The second-order valence-electron chi connectivity index (χ2n) is 9.92. The van der Waals surface area contributed by atoms with Crippen molar-refractivity contribution in [1.82, 2.24) is 25.4 Å². The lowest BCUT2D eigenvalue weighted by Crippen LogP contribution is -2.53. The predicted octanol–water partition coefficient (Wildman–Crippen LogP) is 1.69. The molecule has 40 heavy (non-hydrogen) atoms. The highest BCUT2D eigenvalue weighted by atomic mass is 32.2. The molecular weight excluding hydrogens is 528 g/mol. The lowest BCUT2D eigenvalue weighted by Gasteiger charge is -2.26. The molecule has 0 bridgehead atoms. The Kier molecular flexibility index (Phi) is 11.0. The highest BCUT2D eigenvalue weighted by Gasteiger charge is 2.44. The second-order valence-corrected chi connectivity index (χ2v) is 11.2. The summed E-state index contributed by atoms with van der Waals surface area (Å²) in [5.41, 5.74) is 8.72. The maximum absolute atomic E-state index is 13.1. The van der Waals surface area contributed by atoms with E-state index in [0.29, 0.717) is 38.3 Å². The standard InChI is InChI=1S/C28H40N8O3S/c1-2-36-26(38)23(40-27(36)24(29)25(37)31-14-12-20-7-3-4-13-30-20)19-33-21-8-10-22(11-9-21)34-28(39)32-15-18-35-16-5-6-17-35/h3-4,7-11,13,23-24,27,33H,2,5-6,12,14-19,29H2,1H3,(H,31,37)(H2,32,34,39)/t23-,24-,27?/m1/s1. The van der Waals surface area contributed by atoms with Gasteiger partial charge in [0.05, 0.1) is 0 Å². The van der Waals surface area contributed by atoms with Crippen LogP contribution in [0.15, 0.2) is 48.7 Å². The zero-order valence-corrected chi connectivity index (χ0v) is 23.8. The number of amides is 4. The molecular formula is C28H40N8O3S. The van der Waals surface area contributed by atoms with E-state index in [-0.39, 0.29) is 23.1 Å². The van der Waals surface area contributed by atoms with Crippen LogP contribution in [0, 0.1) is 0 Å². The molecule has 0 saturated carbocycles. The van der Waals surface area contributed by atoms with Gasteiger partial charge in [-0.15, -0.1) is 11.8 Å². The third-order valence-electron chi connectivity index (χ3n) is 7.07. The second kappa shape index (κ2) is 14.9. The summed E-state index contributed by atoms with van der Waals surface area (Å²) < 4.78 is 0. The molecule has 3 atom stereocenters. The van der Waals surface area contributed by atoms with Crippen molar-refractivity contribution in [3.63, 3.8) is 0 Å². The molecule has 1 unspecified atom stereocenters. The van der Waals surface area contributed by atoms with Crippen molar-refractivity contribution in [3.8, 4) is 0 Å². The Labute approximate surface area is 240 Å². The van der Waals surface area contributed by atoms with E-state index in [1.807, 2.05) is 49.4 Å². The number of nitrogens with two attached hydrogens (primary N) is 1. The van der Waals surface area contributed by atoms with Crippen molar-refractivity contribution in [1.29, 1.82) is 0 Å². The van der Waals surface area contributed by atoms with Crippen molar-refractivity contribution < 1.29 is 14.4 Å². The van der Waals surface area contributed by atoms with E-state index in [1.54, 1.807) is 11.1 Å². The third-order valence-corrected chi connectivity index (χ3v) is 8.60. The Hall–Kier alpha value is -3.35. The lowest BCUT2D eigenvalue weighted by atomic mass is 10.2. The van der Waals surface area contributed by atoms with Crippen LogP contribution in [0.2, 0.25) is 0 Å². The molecule has 3 heterocycles. The van der Waals surface area contributed by atoms with E-state index in [2.05, 4.69) is 31.2 Å². The molecule has 0 radical (unpaired) electrons. The van der Waals surface area contributed by atoms with Crippen LogP contribution in [0.1, 0.15) is 25.5 Å². The summed E-state index contributed by atoms with van der Waals surface area (Å²) in [5, 5.41) is 11.1. The molecule has 2 aliphatic heterocycles. The maximum Gasteiger partial charge on any atom is 0.319 e. The van der Waals surface area contributed by atoms with Gasteiger partial charge in [-0.05, 0) is 69.3 Å². The average Bonchev–Trinajstić information content (AvgIpc) is 3.60. The van der Waals surface area contributed by atoms with Gasteiger partial charge < -0.3 is 36.8 Å². The summed E-state index contributed by atoms with van der Waals surface area (Å²) in [6.45, 7) is 6.89. The topological polar surface area (TPSA) is 145 Å². The van der Waals surface area contributed by atoms with Gasteiger partial charge in [-0.25, -0.2) is 4.79 Å². The number of anilines is 2. The smallest absolute Gasteiger partial charge is 0.319 e. The Balaban J connectivity index is 1.20. The number of nitrogens with zero attached hydrogens (tertiary/aromatic N) is 3. The first-order valence-corrected chi connectivity index (χ1v) is 14.9. The fraction of sp³-hybridized carbons (Fsp3) is 0.500. The van der Waals surface area contributed by atoms with Crippen LogP contribution in [0.3, 0.4) is 0 Å². The number of aromatic nitrogens is 1. The Morgan fingerprint density at radius 2 is 1.82 bits per heavy atom. The maximum atomic E-state index is 13.1. The molecule has 2 aromatic rings. The SMILES string of the molecule is CCN1C(=O)[C@@H](CNc2ccc(NC(=O)NCCN3CCCC3)cc2)SC1[C@H](N)C(=O)NCCc1ccccn1. The molecule has 2 aliphatic rings. The normalized spacial score (nSPS) is 19.9. The average molecular weight is 569 g/mol. The summed E-state index contributed by atoms with van der Waals surface area (Å²) >= 11 is 1.41.